The van der Waals surface area contributed by atoms with Gasteiger partial charge in [-0.25, -0.2) is 9.97 Å². The Morgan fingerprint density at radius 1 is 1.67 bits per heavy atom. The van der Waals surface area contributed by atoms with Crippen LogP contribution in [0.1, 0.15) is 12.6 Å². The summed E-state index contributed by atoms with van der Waals surface area (Å²) in [4.78, 5) is 8.13. The fraction of sp³-hybridized carbons (Fsp3) is 0.500. The van der Waals surface area contributed by atoms with E-state index in [-0.39, 0.29) is 0 Å². The molecule has 1 heterocycles. The second-order valence-electron chi connectivity index (χ2n) is 2.25. The quantitative estimate of drug-likeness (QED) is 0.720. The highest BCUT2D eigenvalue weighted by Gasteiger charge is 1.96. The van der Waals surface area contributed by atoms with Crippen LogP contribution in [0.4, 0.5) is 5.95 Å². The van der Waals surface area contributed by atoms with Gasteiger partial charge < -0.3 is 10.1 Å². The molecule has 65 valence electrons. The van der Waals surface area contributed by atoms with Crippen LogP contribution in [0.2, 0.25) is 0 Å². The number of hydrogen-bond acceptors (Lipinski definition) is 4. The van der Waals surface area contributed by atoms with Gasteiger partial charge >= 0.3 is 0 Å². The standard InChI is InChI=1S/C8H12N3O/c1-3-9-8-10-5-4-7(11-8)6-12-2/h5H,3,6H2,1-2H3,(H,9,10,11). The van der Waals surface area contributed by atoms with Crippen molar-refractivity contribution in [2.24, 2.45) is 0 Å². The fourth-order valence-electron chi connectivity index (χ4n) is 0.811. The number of ether oxygens (including phenoxy) is 1. The van der Waals surface area contributed by atoms with Gasteiger partial charge in [0.05, 0.1) is 12.3 Å². The number of nitrogens with one attached hydrogen (secondary N) is 1. The summed E-state index contributed by atoms with van der Waals surface area (Å²) < 4.78 is 4.91. The predicted octanol–water partition coefficient (Wildman–Crippen LogP) is 0.855. The summed E-state index contributed by atoms with van der Waals surface area (Å²) in [7, 11) is 1.63. The first kappa shape index (κ1) is 8.93. The van der Waals surface area contributed by atoms with Crippen LogP contribution in [0, 0.1) is 6.07 Å². The molecule has 0 fully saturated rings. The Morgan fingerprint density at radius 2 is 2.50 bits per heavy atom. The van der Waals surface area contributed by atoms with Crippen LogP contribution in [0.15, 0.2) is 6.20 Å². The van der Waals surface area contributed by atoms with Gasteiger partial charge in [-0.1, -0.05) is 0 Å². The van der Waals surface area contributed by atoms with Crippen LogP contribution in [-0.4, -0.2) is 23.6 Å². The normalized spacial score (nSPS) is 9.83. The van der Waals surface area contributed by atoms with Crippen molar-refractivity contribution in [1.29, 1.82) is 0 Å². The maximum atomic E-state index is 4.91. The van der Waals surface area contributed by atoms with Gasteiger partial charge in [-0.3, -0.25) is 0 Å². The van der Waals surface area contributed by atoms with Crippen molar-refractivity contribution in [3.8, 4) is 0 Å². The second kappa shape index (κ2) is 4.66. The van der Waals surface area contributed by atoms with Gasteiger partial charge in [0.25, 0.3) is 0 Å². The maximum absolute atomic E-state index is 4.91. The van der Waals surface area contributed by atoms with Gasteiger partial charge in [0.2, 0.25) is 5.95 Å². The minimum absolute atomic E-state index is 0.473. The second-order valence-corrected chi connectivity index (χ2v) is 2.25. The predicted molar refractivity (Wildman–Crippen MR) is 45.7 cm³/mol. The van der Waals surface area contributed by atoms with Gasteiger partial charge in [0, 0.05) is 25.9 Å². The van der Waals surface area contributed by atoms with Crippen molar-refractivity contribution in [2.75, 3.05) is 19.0 Å². The third-order valence-corrected chi connectivity index (χ3v) is 1.27. The zero-order valence-corrected chi connectivity index (χ0v) is 7.29. The van der Waals surface area contributed by atoms with Gasteiger partial charge in [0.15, 0.2) is 0 Å². The summed E-state index contributed by atoms with van der Waals surface area (Å²) in [6, 6.07) is 2.88. The van der Waals surface area contributed by atoms with Gasteiger partial charge in [-0.15, -0.1) is 0 Å². The van der Waals surface area contributed by atoms with E-state index in [1.807, 2.05) is 6.92 Å². The number of methoxy groups -OCH3 is 1. The van der Waals surface area contributed by atoms with Crippen molar-refractivity contribution >= 4 is 5.95 Å². The number of rotatable bonds is 4. The fourth-order valence-corrected chi connectivity index (χ4v) is 0.811. The molecule has 0 aromatic carbocycles. The summed E-state index contributed by atoms with van der Waals surface area (Å²) in [5, 5.41) is 3.01. The van der Waals surface area contributed by atoms with Crippen LogP contribution >= 0.6 is 0 Å². The summed E-state index contributed by atoms with van der Waals surface area (Å²) >= 11 is 0. The lowest BCUT2D eigenvalue weighted by Crippen LogP contribution is -2.04. The van der Waals surface area contributed by atoms with Gasteiger partial charge in [0.1, 0.15) is 0 Å². The van der Waals surface area contributed by atoms with E-state index in [0.29, 0.717) is 12.6 Å². The molecule has 0 amide bonds. The summed E-state index contributed by atoms with van der Waals surface area (Å²) in [5.74, 6) is 0.628. The molecule has 4 nitrogen and oxygen atoms in total. The molecule has 1 aromatic heterocycles. The highest BCUT2D eigenvalue weighted by atomic mass is 16.5. The van der Waals surface area contributed by atoms with Crippen LogP contribution in [0.3, 0.4) is 0 Å². The maximum Gasteiger partial charge on any atom is 0.222 e. The average molecular weight is 166 g/mol. The number of hydrogen-bond donors (Lipinski definition) is 1. The average Bonchev–Trinajstić information content (AvgIpc) is 2.06. The Labute approximate surface area is 72.0 Å². The molecule has 0 atom stereocenters. The van der Waals surface area contributed by atoms with Crippen LogP contribution < -0.4 is 5.32 Å². The Kier molecular flexibility index (Phi) is 3.47. The van der Waals surface area contributed by atoms with Crippen LogP contribution in [0.25, 0.3) is 0 Å². The molecule has 0 bridgehead atoms. The van der Waals surface area contributed by atoms with Gasteiger partial charge in [-0.05, 0) is 6.92 Å². The van der Waals surface area contributed by atoms with E-state index in [1.165, 1.54) is 0 Å². The zero-order valence-electron chi connectivity index (χ0n) is 7.29. The highest BCUT2D eigenvalue weighted by molar-refractivity contribution is 5.23. The third kappa shape index (κ3) is 2.47. The minimum Gasteiger partial charge on any atom is -0.378 e. The molecule has 0 aliphatic carbocycles. The summed E-state index contributed by atoms with van der Waals surface area (Å²) in [6.45, 7) is 3.29. The molecular weight excluding hydrogens is 154 g/mol. The van der Waals surface area contributed by atoms with E-state index < -0.39 is 0 Å². The van der Waals surface area contributed by atoms with Crippen molar-refractivity contribution in [2.45, 2.75) is 13.5 Å². The molecule has 12 heavy (non-hydrogen) atoms. The number of nitrogens with zero attached hydrogens (tertiary/aromatic N) is 2. The first-order valence-electron chi connectivity index (χ1n) is 3.83. The number of aromatic nitrogens is 2. The van der Waals surface area contributed by atoms with E-state index in [4.69, 9.17) is 4.74 Å². The Hall–Kier alpha value is -1.16. The summed E-state index contributed by atoms with van der Waals surface area (Å²) in [6.07, 6.45) is 1.60. The molecule has 4 heteroatoms. The lowest BCUT2D eigenvalue weighted by atomic mass is 10.4. The highest BCUT2D eigenvalue weighted by Crippen LogP contribution is 1.99. The molecule has 0 unspecified atom stereocenters. The smallest absolute Gasteiger partial charge is 0.222 e. The molecule has 0 saturated heterocycles. The van der Waals surface area contributed by atoms with E-state index >= 15 is 0 Å². The molecule has 0 aliphatic heterocycles. The SMILES string of the molecule is CCNc1nc[c]c(COC)n1. The van der Waals surface area contributed by atoms with E-state index in [1.54, 1.807) is 13.3 Å². The molecule has 0 saturated carbocycles. The van der Waals surface area contributed by atoms with Gasteiger partial charge in [-0.2, -0.15) is 0 Å². The molecular formula is C8H12N3O. The van der Waals surface area contributed by atoms with Crippen molar-refractivity contribution in [3.63, 3.8) is 0 Å². The molecule has 1 N–H and O–H groups in total. The Balaban J connectivity index is 2.67. The van der Waals surface area contributed by atoms with E-state index in [0.717, 1.165) is 12.2 Å². The van der Waals surface area contributed by atoms with Crippen LogP contribution in [-0.2, 0) is 11.3 Å². The van der Waals surface area contributed by atoms with Crippen molar-refractivity contribution < 1.29 is 4.74 Å². The molecule has 1 radical (unpaired) electrons. The summed E-state index contributed by atoms with van der Waals surface area (Å²) in [5.41, 5.74) is 0.767. The van der Waals surface area contributed by atoms with Crippen molar-refractivity contribution in [3.05, 3.63) is 18.0 Å². The lowest BCUT2D eigenvalue weighted by Gasteiger charge is -2.02. The van der Waals surface area contributed by atoms with Crippen molar-refractivity contribution in [1.82, 2.24) is 9.97 Å². The topological polar surface area (TPSA) is 47.0 Å². The third-order valence-electron chi connectivity index (χ3n) is 1.27. The first-order valence-corrected chi connectivity index (χ1v) is 3.83. The zero-order chi connectivity index (χ0) is 8.81. The molecule has 1 rings (SSSR count). The first-order chi connectivity index (χ1) is 5.86. The monoisotopic (exact) mass is 166 g/mol. The lowest BCUT2D eigenvalue weighted by molar-refractivity contribution is 0.181. The molecule has 0 aliphatic rings. The van der Waals surface area contributed by atoms with Crippen LogP contribution in [0.5, 0.6) is 0 Å². The Bertz CT molecular complexity index is 218. The molecule has 0 spiro atoms. The Morgan fingerprint density at radius 3 is 3.17 bits per heavy atom. The van der Waals surface area contributed by atoms with E-state index in [9.17, 15) is 0 Å². The number of anilines is 1. The largest absolute Gasteiger partial charge is 0.378 e. The minimum atomic E-state index is 0.473. The van der Waals surface area contributed by atoms with E-state index in [2.05, 4.69) is 21.4 Å². The molecule has 1 aromatic rings.